The van der Waals surface area contributed by atoms with Crippen LogP contribution in [-0.2, 0) is 4.79 Å². The first-order valence-corrected chi connectivity index (χ1v) is 8.68. The smallest absolute Gasteiger partial charge is 0.257 e. The zero-order chi connectivity index (χ0) is 18.7. The number of hydrogen-bond acceptors (Lipinski definition) is 5. The van der Waals surface area contributed by atoms with Crippen LogP contribution in [0.15, 0.2) is 29.2 Å². The number of hydrogen-bond donors (Lipinski definition) is 1. The van der Waals surface area contributed by atoms with Gasteiger partial charge >= 0.3 is 0 Å². The Bertz CT molecular complexity index is 824. The van der Waals surface area contributed by atoms with Crippen molar-refractivity contribution in [3.63, 3.8) is 0 Å². The van der Waals surface area contributed by atoms with Gasteiger partial charge in [-0.05, 0) is 30.9 Å². The van der Waals surface area contributed by atoms with E-state index in [4.69, 9.17) is 20.8 Å². The van der Waals surface area contributed by atoms with E-state index in [0.717, 1.165) is 12.5 Å². The molecule has 1 N–H and O–H groups in total. The summed E-state index contributed by atoms with van der Waals surface area (Å²) in [6, 6.07) is 3.99. The third kappa shape index (κ3) is 4.60. The lowest BCUT2D eigenvalue weighted by molar-refractivity contribution is -0.123. The second kappa shape index (κ2) is 7.86. The number of benzene rings is 1. The molecule has 1 amide bonds. The van der Waals surface area contributed by atoms with E-state index >= 15 is 0 Å². The van der Waals surface area contributed by atoms with Gasteiger partial charge in [0, 0.05) is 24.1 Å². The van der Waals surface area contributed by atoms with Gasteiger partial charge in [0.25, 0.3) is 5.91 Å². The lowest BCUT2D eigenvalue weighted by Gasteiger charge is -2.08. The number of carbonyl (C=O) groups is 1. The molecule has 1 aromatic heterocycles. The highest BCUT2D eigenvalue weighted by atomic mass is 35.5. The summed E-state index contributed by atoms with van der Waals surface area (Å²) in [5.74, 6) is 1.32. The van der Waals surface area contributed by atoms with Gasteiger partial charge in [0.1, 0.15) is 11.6 Å². The van der Waals surface area contributed by atoms with Crippen molar-refractivity contribution >= 4 is 23.1 Å². The van der Waals surface area contributed by atoms with Gasteiger partial charge in [-0.1, -0.05) is 25.1 Å². The molecule has 0 unspecified atom stereocenters. The van der Waals surface area contributed by atoms with E-state index < -0.39 is 5.82 Å². The molecule has 138 valence electrons. The second-order valence-corrected chi connectivity index (χ2v) is 6.74. The third-order valence-electron chi connectivity index (χ3n) is 4.18. The number of nitrogens with one attached hydrogen (secondary N) is 1. The molecule has 1 saturated carbocycles. The minimum absolute atomic E-state index is 0.000592. The van der Waals surface area contributed by atoms with Crippen LogP contribution in [0.4, 0.5) is 4.39 Å². The summed E-state index contributed by atoms with van der Waals surface area (Å²) in [5.41, 5.74) is 0.665. The lowest BCUT2D eigenvalue weighted by Crippen LogP contribution is -2.29. The van der Waals surface area contributed by atoms with Crippen LogP contribution < -0.4 is 10.1 Å². The molecule has 2 aromatic rings. The van der Waals surface area contributed by atoms with Gasteiger partial charge in [-0.15, -0.1) is 10.2 Å². The fourth-order valence-electron chi connectivity index (χ4n) is 2.42. The van der Waals surface area contributed by atoms with Crippen LogP contribution in [0.5, 0.6) is 5.75 Å². The van der Waals surface area contributed by atoms with Crippen molar-refractivity contribution in [1.29, 1.82) is 0 Å². The van der Waals surface area contributed by atoms with Gasteiger partial charge in [-0.25, -0.2) is 4.39 Å². The highest BCUT2D eigenvalue weighted by Gasteiger charge is 2.38. The molecule has 0 spiro atoms. The Balaban J connectivity index is 1.38. The molecule has 1 fully saturated rings. The monoisotopic (exact) mass is 379 g/mol. The summed E-state index contributed by atoms with van der Waals surface area (Å²) in [6.45, 7) is 6.18. The van der Waals surface area contributed by atoms with Crippen LogP contribution in [-0.4, -0.2) is 29.3 Å². The summed E-state index contributed by atoms with van der Waals surface area (Å²) in [4.78, 5) is 11.8. The first kappa shape index (κ1) is 18.4. The average Bonchev–Trinajstić information content (AvgIpc) is 3.14. The maximum absolute atomic E-state index is 13.3. The largest absolute Gasteiger partial charge is 0.484 e. The van der Waals surface area contributed by atoms with Gasteiger partial charge < -0.3 is 14.5 Å². The first-order chi connectivity index (χ1) is 12.4. The Kier molecular flexibility index (Phi) is 5.56. The number of aromatic nitrogens is 2. The second-order valence-electron chi connectivity index (χ2n) is 6.33. The number of nitrogens with zero attached hydrogens (tertiary/aromatic N) is 2. The summed E-state index contributed by atoms with van der Waals surface area (Å²) >= 11 is 5.59. The van der Waals surface area contributed by atoms with E-state index in [0.29, 0.717) is 42.2 Å². The summed E-state index contributed by atoms with van der Waals surface area (Å²) in [6.07, 6.45) is 1.55. The van der Waals surface area contributed by atoms with E-state index in [-0.39, 0.29) is 23.3 Å². The molecule has 0 radical (unpaired) electrons. The Labute approximate surface area is 155 Å². The topological polar surface area (TPSA) is 77.2 Å². The van der Waals surface area contributed by atoms with Crippen molar-refractivity contribution in [1.82, 2.24) is 15.5 Å². The molecule has 2 atom stereocenters. The molecule has 0 bridgehead atoms. The van der Waals surface area contributed by atoms with Crippen molar-refractivity contribution in [3.05, 3.63) is 47.4 Å². The Morgan fingerprint density at radius 2 is 2.27 bits per heavy atom. The van der Waals surface area contributed by atoms with Gasteiger partial charge in [0.05, 0.1) is 5.02 Å². The number of rotatable bonds is 8. The zero-order valence-corrected chi connectivity index (χ0v) is 15.1. The molecule has 1 aromatic carbocycles. The summed E-state index contributed by atoms with van der Waals surface area (Å²) in [5, 5.41) is 10.7. The highest BCUT2D eigenvalue weighted by molar-refractivity contribution is 6.30. The molecule has 0 aliphatic heterocycles. The van der Waals surface area contributed by atoms with Crippen LogP contribution in [0, 0.1) is 11.7 Å². The Morgan fingerprint density at radius 1 is 1.50 bits per heavy atom. The standard InChI is InChI=1S/C18H19ClFN3O3/c1-10(17-22-23-18(26-17)13-7-11(13)2)5-6-21-16(24)9-25-12-3-4-14(19)15(20)8-12/h3-4,8,11,13H,1,5-7,9H2,2H3,(H,21,24)/t11-,13-/m0/s1. The van der Waals surface area contributed by atoms with Crippen LogP contribution in [0.1, 0.15) is 37.5 Å². The lowest BCUT2D eigenvalue weighted by atomic mass is 10.2. The maximum atomic E-state index is 13.3. The SMILES string of the molecule is C=C(CCNC(=O)COc1ccc(Cl)c(F)c1)c1nnc([C@H]2C[C@@H]2C)o1. The molecule has 8 heteroatoms. The molecule has 26 heavy (non-hydrogen) atoms. The van der Waals surface area contributed by atoms with Gasteiger partial charge in [-0.3, -0.25) is 4.79 Å². The van der Waals surface area contributed by atoms with Crippen molar-refractivity contribution in [3.8, 4) is 5.75 Å². The minimum atomic E-state index is -0.597. The third-order valence-corrected chi connectivity index (χ3v) is 4.49. The fourth-order valence-corrected chi connectivity index (χ4v) is 2.54. The number of amides is 1. The molecule has 1 heterocycles. The molecule has 6 nitrogen and oxygen atoms in total. The molecule has 1 aliphatic carbocycles. The molecular weight excluding hydrogens is 361 g/mol. The maximum Gasteiger partial charge on any atom is 0.257 e. The van der Waals surface area contributed by atoms with E-state index in [9.17, 15) is 9.18 Å². The van der Waals surface area contributed by atoms with Crippen molar-refractivity contribution in [2.24, 2.45) is 5.92 Å². The number of ether oxygens (including phenoxy) is 1. The van der Waals surface area contributed by atoms with Crippen LogP contribution in [0.25, 0.3) is 5.57 Å². The van der Waals surface area contributed by atoms with Crippen molar-refractivity contribution in [2.45, 2.75) is 25.7 Å². The normalized spacial score (nSPS) is 18.4. The minimum Gasteiger partial charge on any atom is -0.484 e. The molecule has 3 rings (SSSR count). The Hall–Kier alpha value is -2.41. The number of halogens is 2. The fraction of sp³-hybridized carbons (Fsp3) is 0.389. The van der Waals surface area contributed by atoms with E-state index in [1.165, 1.54) is 12.1 Å². The van der Waals surface area contributed by atoms with E-state index in [1.54, 1.807) is 0 Å². The van der Waals surface area contributed by atoms with Crippen LogP contribution in [0.2, 0.25) is 5.02 Å². The molecule has 0 saturated heterocycles. The average molecular weight is 380 g/mol. The molecular formula is C18H19ClFN3O3. The van der Waals surface area contributed by atoms with E-state index in [1.807, 2.05) is 0 Å². The zero-order valence-electron chi connectivity index (χ0n) is 14.3. The van der Waals surface area contributed by atoms with E-state index in [2.05, 4.69) is 29.0 Å². The predicted octanol–water partition coefficient (Wildman–Crippen LogP) is 3.58. The Morgan fingerprint density at radius 3 is 2.96 bits per heavy atom. The number of carbonyl (C=O) groups excluding carboxylic acids is 1. The summed E-state index contributed by atoms with van der Waals surface area (Å²) < 4.78 is 24.1. The molecule has 1 aliphatic rings. The predicted molar refractivity (Wildman–Crippen MR) is 94.4 cm³/mol. The van der Waals surface area contributed by atoms with Gasteiger partial charge in [-0.2, -0.15) is 0 Å². The van der Waals surface area contributed by atoms with Crippen LogP contribution in [0.3, 0.4) is 0 Å². The first-order valence-electron chi connectivity index (χ1n) is 8.30. The quantitative estimate of drug-likeness (QED) is 0.758. The van der Waals surface area contributed by atoms with Crippen molar-refractivity contribution < 1.29 is 18.3 Å². The van der Waals surface area contributed by atoms with Gasteiger partial charge in [0.15, 0.2) is 6.61 Å². The highest BCUT2D eigenvalue weighted by Crippen LogP contribution is 2.46. The van der Waals surface area contributed by atoms with Crippen molar-refractivity contribution in [2.75, 3.05) is 13.2 Å². The summed E-state index contributed by atoms with van der Waals surface area (Å²) in [7, 11) is 0. The van der Waals surface area contributed by atoms with Crippen LogP contribution >= 0.6 is 11.6 Å². The van der Waals surface area contributed by atoms with Gasteiger partial charge in [0.2, 0.25) is 11.8 Å².